The van der Waals surface area contributed by atoms with Crippen LogP contribution in [-0.4, -0.2) is 68.5 Å². The first-order chi connectivity index (χ1) is 12.5. The molecule has 6 nitrogen and oxygen atoms in total. The number of carbonyl (C=O) groups excluding carboxylic acids is 2. The third-order valence-electron chi connectivity index (χ3n) is 4.94. The average Bonchev–Trinajstić information content (AvgIpc) is 2.64. The van der Waals surface area contributed by atoms with Gasteiger partial charge >= 0.3 is 0 Å². The number of likely N-dealkylation sites (N-methyl/N-ethyl adjacent to an activating group) is 1. The van der Waals surface area contributed by atoms with Gasteiger partial charge in [-0.1, -0.05) is 18.2 Å². The fourth-order valence-corrected chi connectivity index (χ4v) is 3.52. The molecule has 1 aliphatic rings. The number of para-hydroxylation sites is 1. The van der Waals surface area contributed by atoms with Gasteiger partial charge in [-0.25, -0.2) is 0 Å². The summed E-state index contributed by atoms with van der Waals surface area (Å²) < 4.78 is 5.43. The molecular weight excluding hydrogens is 330 g/mol. The molecule has 1 aromatic carbocycles. The summed E-state index contributed by atoms with van der Waals surface area (Å²) in [6, 6.07) is 8.16. The van der Waals surface area contributed by atoms with Crippen molar-refractivity contribution in [3.05, 3.63) is 29.8 Å². The predicted molar refractivity (Wildman–Crippen MR) is 102 cm³/mol. The van der Waals surface area contributed by atoms with E-state index >= 15 is 0 Å². The van der Waals surface area contributed by atoms with Crippen LogP contribution in [0.5, 0.6) is 5.75 Å². The van der Waals surface area contributed by atoms with Crippen LogP contribution in [0.3, 0.4) is 0 Å². The molecule has 0 aliphatic carbocycles. The van der Waals surface area contributed by atoms with E-state index in [0.717, 1.165) is 51.2 Å². The van der Waals surface area contributed by atoms with Gasteiger partial charge < -0.3 is 19.9 Å². The first-order valence-corrected chi connectivity index (χ1v) is 9.32. The van der Waals surface area contributed by atoms with Gasteiger partial charge in [-0.2, -0.15) is 0 Å². The Kier molecular flexibility index (Phi) is 7.91. The Morgan fingerprint density at radius 3 is 2.85 bits per heavy atom. The van der Waals surface area contributed by atoms with E-state index in [2.05, 4.69) is 16.3 Å². The Balaban J connectivity index is 1.79. The molecule has 144 valence electrons. The normalized spacial score (nSPS) is 17.6. The summed E-state index contributed by atoms with van der Waals surface area (Å²) in [6.45, 7) is 5.36. The number of nitrogens with zero attached hydrogens (tertiary/aromatic N) is 2. The van der Waals surface area contributed by atoms with Gasteiger partial charge in [0.15, 0.2) is 0 Å². The van der Waals surface area contributed by atoms with Crippen molar-refractivity contribution in [3.8, 4) is 5.75 Å². The predicted octanol–water partition coefficient (Wildman–Crippen LogP) is 1.54. The molecule has 1 saturated heterocycles. The first kappa shape index (κ1) is 20.2. The maximum Gasteiger partial charge on any atom is 0.241 e. The van der Waals surface area contributed by atoms with Crippen LogP contribution in [0.25, 0.3) is 0 Å². The fraction of sp³-hybridized carbons (Fsp3) is 0.600. The lowest BCUT2D eigenvalue weighted by molar-refractivity contribution is -0.132. The van der Waals surface area contributed by atoms with Crippen molar-refractivity contribution >= 4 is 11.8 Å². The second kappa shape index (κ2) is 10.2. The van der Waals surface area contributed by atoms with Crippen LogP contribution < -0.4 is 10.1 Å². The lowest BCUT2D eigenvalue weighted by atomic mass is 9.97. The van der Waals surface area contributed by atoms with Crippen LogP contribution >= 0.6 is 0 Å². The van der Waals surface area contributed by atoms with E-state index in [4.69, 9.17) is 4.74 Å². The SMILES string of the molecule is COc1ccccc1CCN1CCC[C@H](CN(C)C(=O)CNC(C)=O)C1. The molecule has 1 N–H and O–H groups in total. The monoisotopic (exact) mass is 361 g/mol. The summed E-state index contributed by atoms with van der Waals surface area (Å²) in [6.07, 6.45) is 3.27. The molecule has 1 aromatic rings. The zero-order valence-electron chi connectivity index (χ0n) is 16.2. The van der Waals surface area contributed by atoms with Crippen molar-refractivity contribution in [3.63, 3.8) is 0 Å². The Morgan fingerprint density at radius 1 is 1.35 bits per heavy atom. The molecule has 26 heavy (non-hydrogen) atoms. The molecule has 2 amide bonds. The quantitative estimate of drug-likeness (QED) is 0.763. The minimum Gasteiger partial charge on any atom is -0.496 e. The number of ether oxygens (including phenoxy) is 1. The van der Waals surface area contributed by atoms with Gasteiger partial charge in [0.1, 0.15) is 5.75 Å². The largest absolute Gasteiger partial charge is 0.496 e. The molecular formula is C20H31N3O3. The van der Waals surface area contributed by atoms with Crippen molar-refractivity contribution < 1.29 is 14.3 Å². The summed E-state index contributed by atoms with van der Waals surface area (Å²) in [7, 11) is 3.53. The van der Waals surface area contributed by atoms with E-state index in [0.29, 0.717) is 5.92 Å². The zero-order valence-corrected chi connectivity index (χ0v) is 16.2. The second-order valence-electron chi connectivity index (χ2n) is 7.05. The van der Waals surface area contributed by atoms with E-state index in [1.807, 2.05) is 25.2 Å². The van der Waals surface area contributed by atoms with Gasteiger partial charge in [-0.15, -0.1) is 0 Å². The third kappa shape index (κ3) is 6.33. The van der Waals surface area contributed by atoms with Gasteiger partial charge in [0.05, 0.1) is 13.7 Å². The van der Waals surface area contributed by atoms with Crippen molar-refractivity contribution in [1.82, 2.24) is 15.1 Å². The van der Waals surface area contributed by atoms with Gasteiger partial charge in [0.2, 0.25) is 11.8 Å². The lowest BCUT2D eigenvalue weighted by Gasteiger charge is -2.34. The highest BCUT2D eigenvalue weighted by atomic mass is 16.5. The highest BCUT2D eigenvalue weighted by Crippen LogP contribution is 2.21. The summed E-state index contributed by atoms with van der Waals surface area (Å²) in [5.41, 5.74) is 1.24. The molecule has 1 atom stereocenters. The molecule has 0 saturated carbocycles. The first-order valence-electron chi connectivity index (χ1n) is 9.32. The summed E-state index contributed by atoms with van der Waals surface area (Å²) in [5.74, 6) is 1.22. The maximum absolute atomic E-state index is 12.1. The number of methoxy groups -OCH3 is 1. The second-order valence-corrected chi connectivity index (χ2v) is 7.05. The highest BCUT2D eigenvalue weighted by Gasteiger charge is 2.22. The van der Waals surface area contributed by atoms with Crippen molar-refractivity contribution in [2.24, 2.45) is 5.92 Å². The number of hydrogen-bond acceptors (Lipinski definition) is 4. The fourth-order valence-electron chi connectivity index (χ4n) is 3.52. The number of rotatable bonds is 8. The smallest absolute Gasteiger partial charge is 0.241 e. The number of likely N-dealkylation sites (tertiary alicyclic amines) is 1. The molecule has 0 bridgehead atoms. The minimum absolute atomic E-state index is 0.0358. The number of hydrogen-bond donors (Lipinski definition) is 1. The lowest BCUT2D eigenvalue weighted by Crippen LogP contribution is -2.44. The molecule has 0 radical (unpaired) electrons. The molecule has 1 aliphatic heterocycles. The Labute approximate surface area is 156 Å². The Bertz CT molecular complexity index is 606. The van der Waals surface area contributed by atoms with Crippen LogP contribution in [0.4, 0.5) is 0 Å². The summed E-state index contributed by atoms with van der Waals surface area (Å²) in [4.78, 5) is 27.2. The Morgan fingerprint density at radius 2 is 2.12 bits per heavy atom. The van der Waals surface area contributed by atoms with Gasteiger partial charge in [0.25, 0.3) is 0 Å². The molecule has 0 spiro atoms. The Hall–Kier alpha value is -2.08. The van der Waals surface area contributed by atoms with Gasteiger partial charge in [0, 0.05) is 33.6 Å². The number of nitrogens with one attached hydrogen (secondary N) is 1. The maximum atomic E-state index is 12.1. The minimum atomic E-state index is -0.174. The van der Waals surface area contributed by atoms with Crippen molar-refractivity contribution in [2.75, 3.05) is 46.9 Å². The zero-order chi connectivity index (χ0) is 18.9. The van der Waals surface area contributed by atoms with Crippen LogP contribution in [0.2, 0.25) is 0 Å². The molecule has 1 heterocycles. The van der Waals surface area contributed by atoms with Crippen LogP contribution in [0, 0.1) is 5.92 Å². The number of benzene rings is 1. The van der Waals surface area contributed by atoms with Crippen LogP contribution in [-0.2, 0) is 16.0 Å². The number of amides is 2. The van der Waals surface area contributed by atoms with Gasteiger partial charge in [-0.05, 0) is 43.4 Å². The molecule has 0 unspecified atom stereocenters. The average molecular weight is 361 g/mol. The number of carbonyl (C=O) groups is 2. The third-order valence-corrected chi connectivity index (χ3v) is 4.94. The van der Waals surface area contributed by atoms with E-state index in [1.54, 1.807) is 12.0 Å². The molecule has 1 fully saturated rings. The van der Waals surface area contributed by atoms with Crippen LogP contribution in [0.1, 0.15) is 25.3 Å². The molecule has 2 rings (SSSR count). The summed E-state index contributed by atoms with van der Waals surface area (Å²) in [5, 5.41) is 2.57. The topological polar surface area (TPSA) is 61.9 Å². The van der Waals surface area contributed by atoms with E-state index in [9.17, 15) is 9.59 Å². The van der Waals surface area contributed by atoms with Crippen LogP contribution in [0.15, 0.2) is 24.3 Å². The van der Waals surface area contributed by atoms with E-state index in [-0.39, 0.29) is 18.4 Å². The summed E-state index contributed by atoms with van der Waals surface area (Å²) >= 11 is 0. The standard InChI is InChI=1S/C20H31N3O3/c1-16(24)21-13-20(25)22(2)14-17-7-6-11-23(15-17)12-10-18-8-4-5-9-19(18)26-3/h4-5,8-9,17H,6-7,10-15H2,1-3H3,(H,21,24)/t17-/m1/s1. The van der Waals surface area contributed by atoms with E-state index < -0.39 is 0 Å². The molecule has 6 heteroatoms. The van der Waals surface area contributed by atoms with Crippen molar-refractivity contribution in [2.45, 2.75) is 26.2 Å². The molecule has 0 aromatic heterocycles. The van der Waals surface area contributed by atoms with Crippen molar-refractivity contribution in [1.29, 1.82) is 0 Å². The van der Waals surface area contributed by atoms with E-state index in [1.165, 1.54) is 12.5 Å². The highest BCUT2D eigenvalue weighted by molar-refractivity contribution is 5.83. The van der Waals surface area contributed by atoms with Gasteiger partial charge in [-0.3, -0.25) is 9.59 Å². The number of piperidine rings is 1.